The van der Waals surface area contributed by atoms with Crippen LogP contribution in [0, 0.1) is 0 Å². The van der Waals surface area contributed by atoms with Gasteiger partial charge >= 0.3 is 6.03 Å². The standard InChI is InChI=1S/C20H27N5O2/c1-27-13-18-22-19(24-23-18)17-8-4-5-11-25(17)20(26)21-16-10-9-14-6-2-3-7-15(14)12-16/h9-10,12,17H,2-8,11,13H2,1H3,(H,21,26)(H,22,23,24). The summed E-state index contributed by atoms with van der Waals surface area (Å²) in [7, 11) is 1.63. The highest BCUT2D eigenvalue weighted by Crippen LogP contribution is 2.30. The first-order chi connectivity index (χ1) is 13.2. The van der Waals surface area contributed by atoms with Crippen molar-refractivity contribution in [3.05, 3.63) is 41.0 Å². The number of nitrogens with zero attached hydrogens (tertiary/aromatic N) is 3. The van der Waals surface area contributed by atoms with E-state index in [2.05, 4.69) is 32.6 Å². The maximum absolute atomic E-state index is 13.0. The third-order valence-electron chi connectivity index (χ3n) is 5.49. The van der Waals surface area contributed by atoms with Crippen LogP contribution in [-0.4, -0.2) is 39.8 Å². The Morgan fingerprint density at radius 3 is 2.96 bits per heavy atom. The molecular formula is C20H27N5O2. The molecule has 2 heterocycles. The zero-order valence-electron chi connectivity index (χ0n) is 15.8. The molecular weight excluding hydrogens is 342 g/mol. The van der Waals surface area contributed by atoms with Gasteiger partial charge in [-0.1, -0.05) is 6.07 Å². The topological polar surface area (TPSA) is 83.1 Å². The molecule has 1 aliphatic heterocycles. The number of aryl methyl sites for hydroxylation is 2. The van der Waals surface area contributed by atoms with Gasteiger partial charge in [-0.05, 0) is 68.2 Å². The summed E-state index contributed by atoms with van der Waals surface area (Å²) in [6, 6.07) is 6.13. The van der Waals surface area contributed by atoms with Crippen LogP contribution in [0.15, 0.2) is 18.2 Å². The summed E-state index contributed by atoms with van der Waals surface area (Å²) in [4.78, 5) is 19.3. The van der Waals surface area contributed by atoms with Crippen molar-refractivity contribution in [2.45, 2.75) is 57.6 Å². The number of aromatic amines is 1. The molecule has 1 fully saturated rings. The number of hydrogen-bond acceptors (Lipinski definition) is 4. The number of aromatic nitrogens is 3. The zero-order valence-corrected chi connectivity index (χ0v) is 15.8. The number of carbonyl (C=O) groups excluding carboxylic acids is 1. The van der Waals surface area contributed by atoms with Gasteiger partial charge in [0.2, 0.25) is 0 Å². The summed E-state index contributed by atoms with van der Waals surface area (Å²) < 4.78 is 5.10. The summed E-state index contributed by atoms with van der Waals surface area (Å²) in [6.07, 6.45) is 7.69. The van der Waals surface area contributed by atoms with Crippen molar-refractivity contribution in [3.63, 3.8) is 0 Å². The van der Waals surface area contributed by atoms with Crippen LogP contribution in [0.3, 0.4) is 0 Å². The van der Waals surface area contributed by atoms with E-state index in [9.17, 15) is 4.79 Å². The predicted octanol–water partition coefficient (Wildman–Crippen LogP) is 3.59. The molecule has 0 spiro atoms. The van der Waals surface area contributed by atoms with Crippen molar-refractivity contribution in [1.82, 2.24) is 20.1 Å². The Kier molecular flexibility index (Phi) is 5.38. The third kappa shape index (κ3) is 3.98. The van der Waals surface area contributed by atoms with E-state index in [-0.39, 0.29) is 12.1 Å². The monoisotopic (exact) mass is 369 g/mol. The number of likely N-dealkylation sites (tertiary alicyclic amines) is 1. The zero-order chi connectivity index (χ0) is 18.6. The lowest BCUT2D eigenvalue weighted by Crippen LogP contribution is -2.41. The van der Waals surface area contributed by atoms with Crippen LogP contribution < -0.4 is 5.32 Å². The number of hydrogen-bond donors (Lipinski definition) is 2. The van der Waals surface area contributed by atoms with Crippen molar-refractivity contribution >= 4 is 11.7 Å². The van der Waals surface area contributed by atoms with E-state index in [0.717, 1.165) is 44.3 Å². The Bertz CT molecular complexity index is 803. The highest BCUT2D eigenvalue weighted by atomic mass is 16.5. The minimum Gasteiger partial charge on any atom is -0.377 e. The van der Waals surface area contributed by atoms with Crippen molar-refractivity contribution in [3.8, 4) is 0 Å². The molecule has 2 amide bonds. The fourth-order valence-corrected chi connectivity index (χ4v) is 4.11. The Hall–Kier alpha value is -2.41. The van der Waals surface area contributed by atoms with Crippen LogP contribution in [0.25, 0.3) is 0 Å². The molecule has 4 rings (SSSR count). The van der Waals surface area contributed by atoms with E-state index >= 15 is 0 Å². The quantitative estimate of drug-likeness (QED) is 0.863. The van der Waals surface area contributed by atoms with E-state index in [4.69, 9.17) is 4.74 Å². The number of H-pyrrole nitrogens is 1. The Balaban J connectivity index is 1.48. The second kappa shape index (κ2) is 8.08. The van der Waals surface area contributed by atoms with Crippen molar-refractivity contribution in [2.75, 3.05) is 19.0 Å². The van der Waals surface area contributed by atoms with Crippen LogP contribution in [0.5, 0.6) is 0 Å². The summed E-state index contributed by atoms with van der Waals surface area (Å²) in [5.74, 6) is 1.36. The number of urea groups is 1. The summed E-state index contributed by atoms with van der Waals surface area (Å²) >= 11 is 0. The van der Waals surface area contributed by atoms with Crippen LogP contribution in [0.2, 0.25) is 0 Å². The summed E-state index contributed by atoms with van der Waals surface area (Å²) in [6.45, 7) is 1.11. The van der Waals surface area contributed by atoms with E-state index in [0.29, 0.717) is 18.3 Å². The molecule has 0 saturated carbocycles. The molecule has 1 atom stereocenters. The van der Waals surface area contributed by atoms with Crippen molar-refractivity contribution < 1.29 is 9.53 Å². The number of anilines is 1. The predicted molar refractivity (Wildman–Crippen MR) is 102 cm³/mol. The molecule has 2 N–H and O–H groups in total. The number of amides is 2. The van der Waals surface area contributed by atoms with Gasteiger partial charge in [-0.3, -0.25) is 5.10 Å². The van der Waals surface area contributed by atoms with Gasteiger partial charge in [0.15, 0.2) is 11.6 Å². The number of piperidine rings is 1. The lowest BCUT2D eigenvalue weighted by molar-refractivity contribution is 0.159. The Labute approximate surface area is 159 Å². The van der Waals surface area contributed by atoms with Gasteiger partial charge in [-0.2, -0.15) is 5.10 Å². The van der Waals surface area contributed by atoms with Gasteiger partial charge in [-0.15, -0.1) is 0 Å². The lowest BCUT2D eigenvalue weighted by atomic mass is 9.91. The average molecular weight is 369 g/mol. The molecule has 0 bridgehead atoms. The first-order valence-electron chi connectivity index (χ1n) is 9.84. The number of methoxy groups -OCH3 is 1. The molecule has 1 aliphatic carbocycles. The van der Waals surface area contributed by atoms with Crippen LogP contribution in [0.1, 0.15) is 60.9 Å². The van der Waals surface area contributed by atoms with Crippen LogP contribution in [0.4, 0.5) is 10.5 Å². The molecule has 2 aliphatic rings. The fourth-order valence-electron chi connectivity index (χ4n) is 4.11. The van der Waals surface area contributed by atoms with Crippen LogP contribution >= 0.6 is 0 Å². The normalized spacial score (nSPS) is 19.6. The average Bonchev–Trinajstić information content (AvgIpc) is 3.17. The number of carbonyl (C=O) groups is 1. The second-order valence-electron chi connectivity index (χ2n) is 7.40. The summed E-state index contributed by atoms with van der Waals surface area (Å²) in [5, 5.41) is 10.3. The Morgan fingerprint density at radius 1 is 1.26 bits per heavy atom. The number of benzene rings is 1. The van der Waals surface area contributed by atoms with Gasteiger partial charge in [0.25, 0.3) is 0 Å². The Morgan fingerprint density at radius 2 is 2.11 bits per heavy atom. The molecule has 144 valence electrons. The van der Waals surface area contributed by atoms with E-state index in [1.54, 1.807) is 7.11 Å². The van der Waals surface area contributed by atoms with Crippen molar-refractivity contribution in [1.29, 1.82) is 0 Å². The molecule has 1 aromatic heterocycles. The molecule has 7 heteroatoms. The van der Waals surface area contributed by atoms with Gasteiger partial charge in [-0.25, -0.2) is 9.78 Å². The highest BCUT2D eigenvalue weighted by Gasteiger charge is 2.31. The van der Waals surface area contributed by atoms with E-state index in [1.807, 2.05) is 11.0 Å². The van der Waals surface area contributed by atoms with Crippen LogP contribution in [-0.2, 0) is 24.2 Å². The number of nitrogens with one attached hydrogen (secondary N) is 2. The molecule has 1 unspecified atom stereocenters. The first kappa shape index (κ1) is 18.0. The van der Waals surface area contributed by atoms with Crippen molar-refractivity contribution in [2.24, 2.45) is 0 Å². The minimum atomic E-state index is -0.0989. The molecule has 0 radical (unpaired) electrons. The number of rotatable bonds is 4. The maximum atomic E-state index is 13.0. The molecule has 1 aromatic carbocycles. The summed E-state index contributed by atoms with van der Waals surface area (Å²) in [5.41, 5.74) is 3.66. The molecule has 1 saturated heterocycles. The molecule has 7 nitrogen and oxygen atoms in total. The van der Waals surface area contributed by atoms with E-state index < -0.39 is 0 Å². The number of fused-ring (bicyclic) bond motifs is 1. The molecule has 27 heavy (non-hydrogen) atoms. The molecule has 2 aromatic rings. The van der Waals surface area contributed by atoms with Gasteiger partial charge in [0.05, 0.1) is 6.04 Å². The largest absolute Gasteiger partial charge is 0.377 e. The van der Waals surface area contributed by atoms with Gasteiger partial charge in [0.1, 0.15) is 6.61 Å². The fraction of sp³-hybridized carbons (Fsp3) is 0.550. The highest BCUT2D eigenvalue weighted by molar-refractivity contribution is 5.89. The smallest absolute Gasteiger partial charge is 0.322 e. The van der Waals surface area contributed by atoms with Gasteiger partial charge in [0, 0.05) is 19.3 Å². The first-order valence-corrected chi connectivity index (χ1v) is 9.84. The maximum Gasteiger partial charge on any atom is 0.322 e. The van der Waals surface area contributed by atoms with Gasteiger partial charge < -0.3 is 15.0 Å². The second-order valence-corrected chi connectivity index (χ2v) is 7.40. The number of ether oxygens (including phenoxy) is 1. The van der Waals surface area contributed by atoms with E-state index in [1.165, 1.54) is 24.0 Å². The minimum absolute atomic E-state index is 0.0754. The third-order valence-corrected chi connectivity index (χ3v) is 5.49. The SMILES string of the molecule is COCc1nc(C2CCCCN2C(=O)Nc2ccc3c(c2)CCCC3)n[nH]1. The lowest BCUT2D eigenvalue weighted by Gasteiger charge is -2.34.